The van der Waals surface area contributed by atoms with Crippen LogP contribution in [0.1, 0.15) is 96.1 Å². The van der Waals surface area contributed by atoms with Crippen molar-refractivity contribution in [2.75, 3.05) is 11.9 Å². The number of amides is 2. The summed E-state index contributed by atoms with van der Waals surface area (Å²) in [5.74, 6) is 0.0127. The number of hydrogen-bond donors (Lipinski definition) is 1. The van der Waals surface area contributed by atoms with Gasteiger partial charge in [-0.2, -0.15) is 0 Å². The van der Waals surface area contributed by atoms with Crippen molar-refractivity contribution in [3.8, 4) is 0 Å². The Morgan fingerprint density at radius 1 is 1.11 bits per heavy atom. The van der Waals surface area contributed by atoms with E-state index in [4.69, 9.17) is 0 Å². The van der Waals surface area contributed by atoms with Crippen LogP contribution in [0.5, 0.6) is 0 Å². The Balaban J connectivity index is 1.82. The third-order valence-corrected chi connectivity index (χ3v) is 6.38. The molecule has 0 aromatic carbocycles. The van der Waals surface area contributed by atoms with Crippen LogP contribution >= 0.6 is 11.3 Å². The van der Waals surface area contributed by atoms with E-state index in [0.29, 0.717) is 11.6 Å². The number of anilines is 1. The van der Waals surface area contributed by atoms with Gasteiger partial charge in [-0.3, -0.25) is 9.59 Å². The molecule has 1 aliphatic rings. The molecule has 0 atom stereocenters. The number of rotatable bonds is 12. The van der Waals surface area contributed by atoms with E-state index in [9.17, 15) is 9.59 Å². The highest BCUT2D eigenvalue weighted by Crippen LogP contribution is 2.24. The second-order valence-corrected chi connectivity index (χ2v) is 8.89. The molecule has 1 N–H and O–H groups in total. The van der Waals surface area contributed by atoms with Crippen LogP contribution in [0.4, 0.5) is 5.13 Å². The average Bonchev–Trinajstić information content (AvgIpc) is 3.10. The lowest BCUT2D eigenvalue weighted by Gasteiger charge is -2.34. The van der Waals surface area contributed by atoms with Crippen molar-refractivity contribution in [3.63, 3.8) is 0 Å². The highest BCUT2D eigenvalue weighted by atomic mass is 32.1. The summed E-state index contributed by atoms with van der Waals surface area (Å²) in [7, 11) is 0. The standard InChI is InChI=1S/C22H37N3O2S/c1-3-4-5-6-7-8-12-15-21(27)25(19-13-10-9-11-14-19)16-20(26)24-22-23-18(2)17-28-22/h17,19H,3-16H2,1-2H3,(H,23,24,26). The van der Waals surface area contributed by atoms with Gasteiger partial charge in [-0.25, -0.2) is 4.98 Å². The van der Waals surface area contributed by atoms with Crippen molar-refractivity contribution in [2.24, 2.45) is 0 Å². The lowest BCUT2D eigenvalue weighted by Crippen LogP contribution is -2.45. The van der Waals surface area contributed by atoms with E-state index in [1.54, 1.807) is 0 Å². The Labute approximate surface area is 174 Å². The zero-order valence-corrected chi connectivity index (χ0v) is 18.5. The van der Waals surface area contributed by atoms with Gasteiger partial charge < -0.3 is 10.2 Å². The molecule has 0 aliphatic heterocycles. The first-order valence-electron chi connectivity index (χ1n) is 11.1. The van der Waals surface area contributed by atoms with Crippen molar-refractivity contribution in [1.82, 2.24) is 9.88 Å². The maximum Gasteiger partial charge on any atom is 0.245 e. The Hall–Kier alpha value is -1.43. The second kappa shape index (κ2) is 12.9. The predicted molar refractivity (Wildman–Crippen MR) is 117 cm³/mol. The first-order valence-corrected chi connectivity index (χ1v) is 12.0. The number of nitrogens with zero attached hydrogens (tertiary/aromatic N) is 2. The van der Waals surface area contributed by atoms with Gasteiger partial charge >= 0.3 is 0 Å². The van der Waals surface area contributed by atoms with Crippen molar-refractivity contribution in [1.29, 1.82) is 0 Å². The van der Waals surface area contributed by atoms with E-state index < -0.39 is 0 Å². The van der Waals surface area contributed by atoms with E-state index in [1.165, 1.54) is 49.9 Å². The van der Waals surface area contributed by atoms with Crippen LogP contribution in [0.25, 0.3) is 0 Å². The third-order valence-electron chi connectivity index (χ3n) is 5.51. The zero-order chi connectivity index (χ0) is 20.2. The van der Waals surface area contributed by atoms with Gasteiger partial charge in [-0.1, -0.05) is 64.7 Å². The van der Waals surface area contributed by atoms with Gasteiger partial charge in [0.05, 0.1) is 5.69 Å². The number of carbonyl (C=O) groups excluding carboxylic acids is 2. The van der Waals surface area contributed by atoms with Crippen LogP contribution in [0.15, 0.2) is 5.38 Å². The molecule has 1 heterocycles. The Kier molecular flexibility index (Phi) is 10.5. The first-order chi connectivity index (χ1) is 13.6. The molecule has 0 radical (unpaired) electrons. The molecule has 6 heteroatoms. The fraction of sp³-hybridized carbons (Fsp3) is 0.773. The summed E-state index contributed by atoms with van der Waals surface area (Å²) in [5.41, 5.74) is 0.902. The summed E-state index contributed by atoms with van der Waals surface area (Å²) in [5, 5.41) is 5.39. The maximum absolute atomic E-state index is 12.9. The highest BCUT2D eigenvalue weighted by Gasteiger charge is 2.27. The third kappa shape index (κ3) is 8.29. The molecule has 0 saturated heterocycles. The molecule has 0 unspecified atom stereocenters. The summed E-state index contributed by atoms with van der Waals surface area (Å²) >= 11 is 1.43. The predicted octanol–water partition coefficient (Wildman–Crippen LogP) is 5.69. The molecule has 5 nitrogen and oxygen atoms in total. The number of unbranched alkanes of at least 4 members (excludes halogenated alkanes) is 6. The van der Waals surface area contributed by atoms with Gasteiger partial charge in [0.15, 0.2) is 5.13 Å². The molecule has 158 valence electrons. The van der Waals surface area contributed by atoms with E-state index in [-0.39, 0.29) is 24.4 Å². The molecule has 0 spiro atoms. The fourth-order valence-electron chi connectivity index (χ4n) is 3.92. The molecular weight excluding hydrogens is 370 g/mol. The SMILES string of the molecule is CCCCCCCCCC(=O)N(CC(=O)Nc1nc(C)cs1)C1CCCCC1. The molecule has 1 aromatic rings. The molecule has 2 rings (SSSR count). The van der Waals surface area contributed by atoms with E-state index >= 15 is 0 Å². The monoisotopic (exact) mass is 407 g/mol. The Morgan fingerprint density at radius 2 is 1.79 bits per heavy atom. The summed E-state index contributed by atoms with van der Waals surface area (Å²) in [4.78, 5) is 31.6. The molecule has 1 fully saturated rings. The average molecular weight is 408 g/mol. The van der Waals surface area contributed by atoms with Crippen molar-refractivity contribution >= 4 is 28.3 Å². The summed E-state index contributed by atoms with van der Waals surface area (Å²) in [6.07, 6.45) is 14.5. The molecule has 28 heavy (non-hydrogen) atoms. The van der Waals surface area contributed by atoms with Crippen molar-refractivity contribution in [2.45, 2.75) is 103 Å². The Bertz CT molecular complexity index is 596. The number of carbonyl (C=O) groups is 2. The van der Waals surface area contributed by atoms with E-state index in [1.807, 2.05) is 17.2 Å². The van der Waals surface area contributed by atoms with E-state index in [2.05, 4.69) is 17.2 Å². The summed E-state index contributed by atoms with van der Waals surface area (Å²) in [6.45, 7) is 4.29. The number of nitrogens with one attached hydrogen (secondary N) is 1. The number of aromatic nitrogens is 1. The van der Waals surface area contributed by atoms with Gasteiger partial charge in [0.2, 0.25) is 11.8 Å². The quantitative estimate of drug-likeness (QED) is 0.453. The smallest absolute Gasteiger partial charge is 0.245 e. The second-order valence-electron chi connectivity index (χ2n) is 8.03. The minimum atomic E-state index is -0.132. The lowest BCUT2D eigenvalue weighted by atomic mass is 9.93. The van der Waals surface area contributed by atoms with Gasteiger partial charge in [-0.05, 0) is 26.2 Å². The Morgan fingerprint density at radius 3 is 2.43 bits per heavy atom. The summed E-state index contributed by atoms with van der Waals surface area (Å²) < 4.78 is 0. The molecule has 0 bridgehead atoms. The van der Waals surface area contributed by atoms with Crippen LogP contribution in [0, 0.1) is 6.92 Å². The summed E-state index contributed by atoms with van der Waals surface area (Å²) in [6, 6.07) is 0.217. The lowest BCUT2D eigenvalue weighted by molar-refractivity contribution is -0.137. The van der Waals surface area contributed by atoms with E-state index in [0.717, 1.165) is 44.2 Å². The zero-order valence-electron chi connectivity index (χ0n) is 17.7. The minimum absolute atomic E-state index is 0.132. The topological polar surface area (TPSA) is 62.3 Å². The van der Waals surface area contributed by atoms with Crippen LogP contribution in [-0.4, -0.2) is 34.3 Å². The van der Waals surface area contributed by atoms with Crippen molar-refractivity contribution in [3.05, 3.63) is 11.1 Å². The van der Waals surface area contributed by atoms with Gasteiger partial charge in [0, 0.05) is 17.8 Å². The highest BCUT2D eigenvalue weighted by molar-refractivity contribution is 7.13. The van der Waals surface area contributed by atoms with Crippen LogP contribution < -0.4 is 5.32 Å². The van der Waals surface area contributed by atoms with Gasteiger partial charge in [0.1, 0.15) is 6.54 Å². The number of hydrogen-bond acceptors (Lipinski definition) is 4. The molecular formula is C22H37N3O2S. The molecule has 1 aliphatic carbocycles. The molecule has 1 saturated carbocycles. The minimum Gasteiger partial charge on any atom is -0.330 e. The van der Waals surface area contributed by atoms with Crippen molar-refractivity contribution < 1.29 is 9.59 Å². The molecule has 1 aromatic heterocycles. The fourth-order valence-corrected chi connectivity index (χ4v) is 4.62. The largest absolute Gasteiger partial charge is 0.330 e. The first kappa shape index (κ1) is 22.9. The van der Waals surface area contributed by atoms with Crippen LogP contribution in [0.2, 0.25) is 0 Å². The number of thiazole rings is 1. The van der Waals surface area contributed by atoms with Gasteiger partial charge in [-0.15, -0.1) is 11.3 Å². The van der Waals surface area contributed by atoms with Crippen LogP contribution in [0.3, 0.4) is 0 Å². The van der Waals surface area contributed by atoms with Crippen LogP contribution in [-0.2, 0) is 9.59 Å². The maximum atomic E-state index is 12.9. The van der Waals surface area contributed by atoms with Gasteiger partial charge in [0.25, 0.3) is 0 Å². The number of aryl methyl sites for hydroxylation is 1. The normalized spacial score (nSPS) is 14.8. The molecule has 2 amide bonds.